The van der Waals surface area contributed by atoms with E-state index in [1.165, 1.54) is 14.2 Å². The number of carbonyl (C=O) groups excluding carboxylic acids is 3. The lowest BCUT2D eigenvalue weighted by Crippen LogP contribution is -2.04. The highest BCUT2D eigenvalue weighted by Crippen LogP contribution is 2.34. The molecule has 0 amide bonds. The highest BCUT2D eigenvalue weighted by atomic mass is 32.2. The Hall–Kier alpha value is -1.82. The van der Waals surface area contributed by atoms with Gasteiger partial charge in [0.2, 0.25) is 0 Å². The molecule has 0 fully saturated rings. The first-order chi connectivity index (χ1) is 11.6. The first-order valence-electron chi connectivity index (χ1n) is 7.91. The molecule has 0 spiro atoms. The van der Waals surface area contributed by atoms with Gasteiger partial charge in [0.1, 0.15) is 6.29 Å². The van der Waals surface area contributed by atoms with Crippen LogP contribution in [0.25, 0.3) is 0 Å². The van der Waals surface area contributed by atoms with Crippen molar-refractivity contribution in [1.29, 1.82) is 0 Å². The third kappa shape index (κ3) is 7.64. The number of aldehydes is 1. The number of benzene rings is 1. The SMILES string of the molecule is COC(=O)CCCCC(SCCC(=O)OC)c1cccc(C=O)c1. The van der Waals surface area contributed by atoms with E-state index < -0.39 is 0 Å². The Morgan fingerprint density at radius 3 is 2.50 bits per heavy atom. The van der Waals surface area contributed by atoms with Crippen LogP contribution in [0.15, 0.2) is 24.3 Å². The lowest BCUT2D eigenvalue weighted by molar-refractivity contribution is -0.141. The van der Waals surface area contributed by atoms with E-state index in [0.717, 1.165) is 31.1 Å². The highest BCUT2D eigenvalue weighted by Gasteiger charge is 2.14. The summed E-state index contributed by atoms with van der Waals surface area (Å²) in [5.41, 5.74) is 1.70. The van der Waals surface area contributed by atoms with Crippen molar-refractivity contribution in [3.8, 4) is 0 Å². The average molecular weight is 352 g/mol. The van der Waals surface area contributed by atoms with Gasteiger partial charge < -0.3 is 9.47 Å². The van der Waals surface area contributed by atoms with E-state index in [4.69, 9.17) is 0 Å². The number of hydrogen-bond donors (Lipinski definition) is 0. The van der Waals surface area contributed by atoms with Gasteiger partial charge in [0.25, 0.3) is 0 Å². The van der Waals surface area contributed by atoms with Crippen molar-refractivity contribution < 1.29 is 23.9 Å². The second-order valence-corrected chi connectivity index (χ2v) is 6.61. The van der Waals surface area contributed by atoms with Crippen LogP contribution in [0.4, 0.5) is 0 Å². The molecule has 1 atom stereocenters. The summed E-state index contributed by atoms with van der Waals surface area (Å²) >= 11 is 1.67. The standard InChI is InChI=1S/C18H24O5S/c1-22-17(20)9-4-3-8-16(24-11-10-18(21)23-2)15-7-5-6-14(12-15)13-19/h5-7,12-13,16H,3-4,8-11H2,1-2H3. The summed E-state index contributed by atoms with van der Waals surface area (Å²) in [5, 5.41) is 0.173. The molecule has 0 N–H and O–H groups in total. The molecular formula is C18H24O5S. The summed E-state index contributed by atoms with van der Waals surface area (Å²) in [6, 6.07) is 7.50. The molecule has 1 aromatic carbocycles. The van der Waals surface area contributed by atoms with Gasteiger partial charge in [-0.2, -0.15) is 11.8 Å². The van der Waals surface area contributed by atoms with E-state index >= 15 is 0 Å². The van der Waals surface area contributed by atoms with Crippen molar-refractivity contribution in [2.75, 3.05) is 20.0 Å². The summed E-state index contributed by atoms with van der Waals surface area (Å²) in [6.45, 7) is 0. The highest BCUT2D eigenvalue weighted by molar-refractivity contribution is 7.99. The first-order valence-corrected chi connectivity index (χ1v) is 8.96. The van der Waals surface area contributed by atoms with Crippen molar-refractivity contribution in [3.63, 3.8) is 0 Å². The normalized spacial score (nSPS) is 11.6. The van der Waals surface area contributed by atoms with Crippen LogP contribution in [0.5, 0.6) is 0 Å². The Bertz CT molecular complexity index is 544. The molecule has 0 aromatic heterocycles. The zero-order chi connectivity index (χ0) is 17.8. The van der Waals surface area contributed by atoms with Crippen molar-refractivity contribution >= 4 is 30.0 Å². The van der Waals surface area contributed by atoms with Crippen LogP contribution in [0, 0.1) is 0 Å². The second kappa shape index (κ2) is 11.7. The summed E-state index contributed by atoms with van der Waals surface area (Å²) < 4.78 is 9.30. The lowest BCUT2D eigenvalue weighted by Gasteiger charge is -2.17. The number of thioether (sulfide) groups is 1. The number of ether oxygens (including phenoxy) is 2. The van der Waals surface area contributed by atoms with Crippen LogP contribution in [0.1, 0.15) is 53.3 Å². The smallest absolute Gasteiger partial charge is 0.306 e. The van der Waals surface area contributed by atoms with Gasteiger partial charge in [-0.3, -0.25) is 14.4 Å². The Morgan fingerprint density at radius 1 is 1.12 bits per heavy atom. The molecule has 0 saturated carbocycles. The predicted octanol–water partition coefficient (Wildman–Crippen LogP) is 3.57. The van der Waals surface area contributed by atoms with Gasteiger partial charge >= 0.3 is 11.9 Å². The molecule has 0 aliphatic heterocycles. The Labute approximate surface area is 147 Å². The summed E-state index contributed by atoms with van der Waals surface area (Å²) in [7, 11) is 2.77. The quantitative estimate of drug-likeness (QED) is 0.344. The fourth-order valence-electron chi connectivity index (χ4n) is 2.27. The van der Waals surface area contributed by atoms with Gasteiger partial charge in [-0.25, -0.2) is 0 Å². The lowest BCUT2D eigenvalue weighted by atomic mass is 10.0. The van der Waals surface area contributed by atoms with Crippen LogP contribution in [0.2, 0.25) is 0 Å². The molecule has 5 nitrogen and oxygen atoms in total. The molecule has 132 valence electrons. The van der Waals surface area contributed by atoms with Crippen molar-refractivity contribution in [3.05, 3.63) is 35.4 Å². The summed E-state index contributed by atoms with van der Waals surface area (Å²) in [5.74, 6) is 0.223. The Balaban J connectivity index is 2.62. The van der Waals surface area contributed by atoms with Crippen LogP contribution in [-0.4, -0.2) is 38.2 Å². The van der Waals surface area contributed by atoms with Gasteiger partial charge in [0, 0.05) is 23.0 Å². The molecule has 1 aromatic rings. The third-order valence-electron chi connectivity index (χ3n) is 3.60. The van der Waals surface area contributed by atoms with Crippen LogP contribution in [-0.2, 0) is 19.1 Å². The van der Waals surface area contributed by atoms with Crippen LogP contribution >= 0.6 is 11.8 Å². The van der Waals surface area contributed by atoms with Crippen LogP contribution in [0.3, 0.4) is 0 Å². The maximum Gasteiger partial charge on any atom is 0.306 e. The molecule has 0 aliphatic carbocycles. The van der Waals surface area contributed by atoms with Crippen molar-refractivity contribution in [1.82, 2.24) is 0 Å². The fourth-order valence-corrected chi connectivity index (χ4v) is 3.51. The average Bonchev–Trinajstić information content (AvgIpc) is 2.63. The van der Waals surface area contributed by atoms with E-state index in [1.807, 2.05) is 18.2 Å². The van der Waals surface area contributed by atoms with Crippen molar-refractivity contribution in [2.45, 2.75) is 37.4 Å². The minimum atomic E-state index is -0.228. The van der Waals surface area contributed by atoms with E-state index in [1.54, 1.807) is 17.8 Å². The zero-order valence-electron chi connectivity index (χ0n) is 14.2. The zero-order valence-corrected chi connectivity index (χ0v) is 15.0. The molecule has 0 aliphatic rings. The largest absolute Gasteiger partial charge is 0.469 e. The van der Waals surface area contributed by atoms with E-state index in [0.29, 0.717) is 24.2 Å². The molecule has 1 unspecified atom stereocenters. The Kier molecular flexibility index (Phi) is 9.84. The molecule has 0 bridgehead atoms. The summed E-state index contributed by atoms with van der Waals surface area (Å²) in [6.07, 6.45) is 4.09. The minimum absolute atomic E-state index is 0.173. The van der Waals surface area contributed by atoms with Gasteiger partial charge in [-0.05, 0) is 24.5 Å². The first kappa shape index (κ1) is 20.2. The maximum atomic E-state index is 11.3. The molecule has 0 heterocycles. The second-order valence-electron chi connectivity index (χ2n) is 5.30. The molecule has 0 saturated heterocycles. The molecule has 24 heavy (non-hydrogen) atoms. The van der Waals surface area contributed by atoms with Gasteiger partial charge in [0.05, 0.1) is 20.6 Å². The third-order valence-corrected chi connectivity index (χ3v) is 4.95. The van der Waals surface area contributed by atoms with Gasteiger partial charge in [0.15, 0.2) is 0 Å². The monoisotopic (exact) mass is 352 g/mol. The molecule has 1 rings (SSSR count). The summed E-state index contributed by atoms with van der Waals surface area (Å²) in [4.78, 5) is 33.4. The number of unbranched alkanes of at least 4 members (excludes halogenated alkanes) is 1. The molecule has 0 radical (unpaired) electrons. The van der Waals surface area contributed by atoms with Gasteiger partial charge in [-0.1, -0.05) is 24.6 Å². The maximum absolute atomic E-state index is 11.3. The number of carbonyl (C=O) groups is 3. The number of methoxy groups -OCH3 is 2. The number of hydrogen-bond acceptors (Lipinski definition) is 6. The molecule has 6 heteroatoms. The number of esters is 2. The fraction of sp³-hybridized carbons (Fsp3) is 0.500. The van der Waals surface area contributed by atoms with E-state index in [9.17, 15) is 14.4 Å². The van der Waals surface area contributed by atoms with E-state index in [-0.39, 0.29) is 17.2 Å². The topological polar surface area (TPSA) is 69.7 Å². The van der Waals surface area contributed by atoms with E-state index in [2.05, 4.69) is 9.47 Å². The van der Waals surface area contributed by atoms with Crippen LogP contribution < -0.4 is 0 Å². The predicted molar refractivity (Wildman–Crippen MR) is 94.1 cm³/mol. The number of rotatable bonds is 11. The Morgan fingerprint density at radius 2 is 1.83 bits per heavy atom. The van der Waals surface area contributed by atoms with Gasteiger partial charge in [-0.15, -0.1) is 0 Å². The van der Waals surface area contributed by atoms with Crippen molar-refractivity contribution in [2.24, 2.45) is 0 Å². The molecular weight excluding hydrogens is 328 g/mol. The minimum Gasteiger partial charge on any atom is -0.469 e.